The van der Waals surface area contributed by atoms with Gasteiger partial charge in [-0.1, -0.05) is 15.9 Å². The zero-order chi connectivity index (χ0) is 14.1. The molecule has 2 aromatic heterocycles. The highest BCUT2D eigenvalue weighted by molar-refractivity contribution is 9.10. The van der Waals surface area contributed by atoms with E-state index in [4.69, 9.17) is 10.5 Å². The van der Waals surface area contributed by atoms with Crippen LogP contribution in [0.3, 0.4) is 0 Å². The number of benzene rings is 1. The molecule has 5 nitrogen and oxygen atoms in total. The molecule has 1 aromatic carbocycles. The number of pyridine rings is 1. The van der Waals surface area contributed by atoms with Gasteiger partial charge in [0.2, 0.25) is 11.8 Å². The van der Waals surface area contributed by atoms with E-state index in [-0.39, 0.29) is 0 Å². The lowest BCUT2D eigenvalue weighted by molar-refractivity contribution is 0.397. The first-order valence-corrected chi connectivity index (χ1v) is 6.87. The summed E-state index contributed by atoms with van der Waals surface area (Å²) in [6, 6.07) is 9.76. The van der Waals surface area contributed by atoms with Gasteiger partial charge >= 0.3 is 0 Å². The monoisotopic (exact) mass is 332 g/mol. The van der Waals surface area contributed by atoms with Crippen molar-refractivity contribution in [3.05, 3.63) is 46.6 Å². The Balaban J connectivity index is 2.03. The number of nitrogen functional groups attached to an aromatic ring is 1. The highest BCUT2D eigenvalue weighted by Crippen LogP contribution is 2.23. The van der Waals surface area contributed by atoms with Crippen molar-refractivity contribution in [2.75, 3.05) is 12.8 Å². The van der Waals surface area contributed by atoms with E-state index in [1.807, 2.05) is 34.9 Å². The molecular formula is C14H13BrN4O. The van der Waals surface area contributed by atoms with Gasteiger partial charge in [0.05, 0.1) is 24.7 Å². The highest BCUT2D eigenvalue weighted by atomic mass is 79.9. The van der Waals surface area contributed by atoms with Crippen LogP contribution in [-0.4, -0.2) is 21.6 Å². The number of rotatable bonds is 3. The van der Waals surface area contributed by atoms with E-state index in [0.717, 1.165) is 21.1 Å². The Bertz CT molecular complexity index is 769. The molecule has 0 saturated carbocycles. The summed E-state index contributed by atoms with van der Waals surface area (Å²) in [5, 5.41) is 0. The fourth-order valence-electron chi connectivity index (χ4n) is 2.13. The molecule has 6 heteroatoms. The lowest BCUT2D eigenvalue weighted by Crippen LogP contribution is -2.05. The van der Waals surface area contributed by atoms with Crippen molar-refractivity contribution in [1.29, 1.82) is 0 Å². The first-order chi connectivity index (χ1) is 9.67. The number of ether oxygens (including phenoxy) is 1. The highest BCUT2D eigenvalue weighted by Gasteiger charge is 2.09. The van der Waals surface area contributed by atoms with Gasteiger partial charge in [-0.2, -0.15) is 0 Å². The van der Waals surface area contributed by atoms with Crippen molar-refractivity contribution in [2.24, 2.45) is 0 Å². The molecule has 2 heterocycles. The van der Waals surface area contributed by atoms with E-state index in [0.29, 0.717) is 18.4 Å². The lowest BCUT2D eigenvalue weighted by Gasteiger charge is -2.07. The van der Waals surface area contributed by atoms with Crippen molar-refractivity contribution in [1.82, 2.24) is 14.5 Å². The van der Waals surface area contributed by atoms with Gasteiger partial charge in [-0.15, -0.1) is 0 Å². The van der Waals surface area contributed by atoms with Gasteiger partial charge < -0.3 is 15.0 Å². The number of nitrogens with zero attached hydrogens (tertiary/aromatic N) is 3. The Morgan fingerprint density at radius 2 is 2.15 bits per heavy atom. The summed E-state index contributed by atoms with van der Waals surface area (Å²) in [6.07, 6.45) is 1.72. The van der Waals surface area contributed by atoms with E-state index >= 15 is 0 Å². The standard InChI is InChI=1S/C14H13BrN4O/c1-20-13-6-9(4-5-17-13)8-19-12-3-2-10(15)7-11(12)18-14(19)16/h2-7H,8H2,1H3,(H2,16,18). The van der Waals surface area contributed by atoms with Gasteiger partial charge in [0.25, 0.3) is 0 Å². The van der Waals surface area contributed by atoms with E-state index in [1.165, 1.54) is 0 Å². The molecule has 3 aromatic rings. The van der Waals surface area contributed by atoms with E-state index in [2.05, 4.69) is 25.9 Å². The minimum atomic E-state index is 0.494. The van der Waals surface area contributed by atoms with Crippen molar-refractivity contribution in [3.63, 3.8) is 0 Å². The Hall–Kier alpha value is -2.08. The molecule has 0 spiro atoms. The van der Waals surface area contributed by atoms with E-state index in [9.17, 15) is 0 Å². The number of aromatic nitrogens is 3. The van der Waals surface area contributed by atoms with Crippen molar-refractivity contribution in [3.8, 4) is 5.88 Å². The summed E-state index contributed by atoms with van der Waals surface area (Å²) in [6.45, 7) is 0.628. The SMILES string of the molecule is COc1cc(Cn2c(N)nc3cc(Br)ccc32)ccn1. The van der Waals surface area contributed by atoms with Crippen LogP contribution in [0.2, 0.25) is 0 Å². The third kappa shape index (κ3) is 2.34. The zero-order valence-electron chi connectivity index (χ0n) is 10.9. The second-order valence-corrected chi connectivity index (χ2v) is 5.31. The minimum absolute atomic E-state index is 0.494. The predicted octanol–water partition coefficient (Wildman–Crippen LogP) is 2.83. The van der Waals surface area contributed by atoms with Gasteiger partial charge in [-0.25, -0.2) is 9.97 Å². The fourth-order valence-corrected chi connectivity index (χ4v) is 2.48. The molecule has 0 aliphatic heterocycles. The topological polar surface area (TPSA) is 66.0 Å². The molecule has 0 radical (unpaired) electrons. The first kappa shape index (κ1) is 12.9. The maximum absolute atomic E-state index is 6.01. The predicted molar refractivity (Wildman–Crippen MR) is 81.7 cm³/mol. The van der Waals surface area contributed by atoms with Crippen LogP contribution in [0.4, 0.5) is 5.95 Å². The van der Waals surface area contributed by atoms with Gasteiger partial charge in [0.15, 0.2) is 0 Å². The van der Waals surface area contributed by atoms with Crippen molar-refractivity contribution < 1.29 is 4.74 Å². The smallest absolute Gasteiger partial charge is 0.213 e. The molecule has 0 unspecified atom stereocenters. The van der Waals surface area contributed by atoms with Crippen LogP contribution in [-0.2, 0) is 6.54 Å². The summed E-state index contributed by atoms with van der Waals surface area (Å²) >= 11 is 3.44. The molecule has 0 amide bonds. The second kappa shape index (κ2) is 5.13. The maximum atomic E-state index is 6.01. The van der Waals surface area contributed by atoms with Crippen LogP contribution in [0.15, 0.2) is 41.0 Å². The van der Waals surface area contributed by atoms with E-state index in [1.54, 1.807) is 13.3 Å². The third-order valence-electron chi connectivity index (χ3n) is 3.09. The van der Waals surface area contributed by atoms with Crippen LogP contribution >= 0.6 is 15.9 Å². The molecule has 20 heavy (non-hydrogen) atoms. The Morgan fingerprint density at radius 1 is 1.30 bits per heavy atom. The number of imidazole rings is 1. The number of fused-ring (bicyclic) bond motifs is 1. The van der Waals surface area contributed by atoms with Crippen LogP contribution in [0.5, 0.6) is 5.88 Å². The zero-order valence-corrected chi connectivity index (χ0v) is 12.5. The van der Waals surface area contributed by atoms with E-state index < -0.39 is 0 Å². The average Bonchev–Trinajstić information content (AvgIpc) is 2.74. The Kier molecular flexibility index (Phi) is 3.31. The average molecular weight is 333 g/mol. The lowest BCUT2D eigenvalue weighted by atomic mass is 10.2. The molecule has 0 saturated heterocycles. The number of hydrogen-bond acceptors (Lipinski definition) is 4. The maximum Gasteiger partial charge on any atom is 0.213 e. The van der Waals surface area contributed by atoms with Crippen LogP contribution in [0, 0.1) is 0 Å². The molecular weight excluding hydrogens is 320 g/mol. The summed E-state index contributed by atoms with van der Waals surface area (Å²) in [5.41, 5.74) is 8.95. The number of hydrogen-bond donors (Lipinski definition) is 1. The molecule has 0 fully saturated rings. The molecule has 0 aliphatic rings. The quantitative estimate of drug-likeness (QED) is 0.800. The summed E-state index contributed by atoms with van der Waals surface area (Å²) < 4.78 is 8.09. The molecule has 0 aliphatic carbocycles. The molecule has 102 valence electrons. The van der Waals surface area contributed by atoms with Gasteiger partial charge in [0.1, 0.15) is 0 Å². The third-order valence-corrected chi connectivity index (χ3v) is 3.58. The molecule has 2 N–H and O–H groups in total. The summed E-state index contributed by atoms with van der Waals surface area (Å²) in [5.74, 6) is 1.09. The van der Waals surface area contributed by atoms with Gasteiger partial charge in [0, 0.05) is 16.7 Å². The molecule has 3 rings (SSSR count). The summed E-state index contributed by atoms with van der Waals surface area (Å²) in [7, 11) is 1.60. The number of halogens is 1. The number of nitrogens with two attached hydrogens (primary N) is 1. The largest absolute Gasteiger partial charge is 0.481 e. The fraction of sp³-hybridized carbons (Fsp3) is 0.143. The molecule has 0 bridgehead atoms. The molecule has 0 atom stereocenters. The van der Waals surface area contributed by atoms with Gasteiger partial charge in [-0.3, -0.25) is 0 Å². The summed E-state index contributed by atoms with van der Waals surface area (Å²) in [4.78, 5) is 8.48. The Morgan fingerprint density at radius 3 is 2.95 bits per heavy atom. The number of anilines is 1. The van der Waals surface area contributed by atoms with Crippen LogP contribution < -0.4 is 10.5 Å². The van der Waals surface area contributed by atoms with Crippen molar-refractivity contribution >= 4 is 32.9 Å². The minimum Gasteiger partial charge on any atom is -0.481 e. The first-order valence-electron chi connectivity index (χ1n) is 6.07. The van der Waals surface area contributed by atoms with Gasteiger partial charge in [-0.05, 0) is 29.8 Å². The van der Waals surface area contributed by atoms with Crippen LogP contribution in [0.1, 0.15) is 5.56 Å². The van der Waals surface area contributed by atoms with Crippen LogP contribution in [0.25, 0.3) is 11.0 Å². The Labute approximate surface area is 124 Å². The normalized spacial score (nSPS) is 10.9. The second-order valence-electron chi connectivity index (χ2n) is 4.40. The number of methoxy groups -OCH3 is 1. The van der Waals surface area contributed by atoms with Crippen molar-refractivity contribution in [2.45, 2.75) is 6.54 Å².